The van der Waals surface area contributed by atoms with E-state index >= 15 is 0 Å². The van der Waals surface area contributed by atoms with Crippen molar-refractivity contribution >= 4 is 63.7 Å². The molecule has 66 heavy (non-hydrogen) atoms. The van der Waals surface area contributed by atoms with Crippen molar-refractivity contribution in [3.63, 3.8) is 0 Å². The normalized spacial score (nSPS) is 15.7. The molecule has 2 heterocycles. The second-order valence-electron chi connectivity index (χ2n) is 20.7. The van der Waals surface area contributed by atoms with Gasteiger partial charge < -0.3 is 19.9 Å². The van der Waals surface area contributed by atoms with Gasteiger partial charge in [0.25, 0.3) is 0 Å². The van der Waals surface area contributed by atoms with E-state index in [1.165, 1.54) is 73.4 Å². The van der Waals surface area contributed by atoms with Crippen LogP contribution in [0.2, 0.25) is 0 Å². The Hall–Kier alpha value is -6.98. The lowest BCUT2D eigenvalue weighted by molar-refractivity contribution is 0.332. The third kappa shape index (κ3) is 6.99. The number of fused-ring (bicyclic) bond motifs is 5. The molecule has 5 heteroatoms. The standard InChI is InChI=1S/C61H58BN3O/c1-39-32-46(45-36-57-50(37-52(45)63-41-20-12-9-13-21-41)61(7,8)47-26-18-19-27-56(47)66-57)58-55(33-39)65(53-38-49-48(34-40(53)2)59(3,4)30-31-60(49,5)6)54-35-44(28-29-51(54)62-58)64(42-22-14-10-15-23-42)43-24-16-11-17-25-43/h9-29,32-38,62-63H,30-31H2,1-8H3. The molecule has 0 atom stereocenters. The number of hydrogen-bond donors (Lipinski definition) is 1. The molecule has 0 radical (unpaired) electrons. The van der Waals surface area contributed by atoms with Gasteiger partial charge in [-0.1, -0.05) is 138 Å². The van der Waals surface area contributed by atoms with E-state index in [0.717, 1.165) is 59.2 Å². The Balaban J connectivity index is 1.16. The summed E-state index contributed by atoms with van der Waals surface area (Å²) in [4.78, 5) is 4.99. The fourth-order valence-electron chi connectivity index (χ4n) is 11.1. The smallest absolute Gasteiger partial charge is 0.198 e. The zero-order valence-electron chi connectivity index (χ0n) is 39.6. The predicted molar refractivity (Wildman–Crippen MR) is 281 cm³/mol. The highest BCUT2D eigenvalue weighted by Gasteiger charge is 2.40. The van der Waals surface area contributed by atoms with E-state index in [4.69, 9.17) is 4.74 Å². The Labute approximate surface area is 392 Å². The Morgan fingerprint density at radius 1 is 0.515 bits per heavy atom. The Morgan fingerprint density at radius 3 is 1.82 bits per heavy atom. The van der Waals surface area contributed by atoms with Crippen molar-refractivity contribution in [1.29, 1.82) is 0 Å². The van der Waals surface area contributed by atoms with Crippen LogP contribution in [0, 0.1) is 13.8 Å². The molecule has 0 bridgehead atoms. The van der Waals surface area contributed by atoms with Gasteiger partial charge in [-0.3, -0.25) is 0 Å². The molecule has 0 amide bonds. The van der Waals surface area contributed by atoms with Crippen molar-refractivity contribution < 1.29 is 4.74 Å². The Kier molecular flexibility index (Phi) is 9.85. The molecule has 1 N–H and O–H groups in total. The monoisotopic (exact) mass is 859 g/mol. The van der Waals surface area contributed by atoms with Crippen LogP contribution in [0.1, 0.15) is 87.8 Å². The molecule has 0 aromatic heterocycles. The minimum absolute atomic E-state index is 0.0410. The third-order valence-corrected chi connectivity index (χ3v) is 14.9. The maximum Gasteiger partial charge on any atom is 0.198 e. The molecule has 8 aromatic rings. The van der Waals surface area contributed by atoms with E-state index in [-0.39, 0.29) is 16.2 Å². The quantitative estimate of drug-likeness (QED) is 0.162. The maximum atomic E-state index is 6.87. The molecule has 0 spiro atoms. The summed E-state index contributed by atoms with van der Waals surface area (Å²) in [5.41, 5.74) is 21.7. The van der Waals surface area contributed by atoms with Gasteiger partial charge in [-0.25, -0.2) is 0 Å². The molecule has 326 valence electrons. The van der Waals surface area contributed by atoms with Crippen LogP contribution in [-0.2, 0) is 16.2 Å². The average molecular weight is 860 g/mol. The van der Waals surface area contributed by atoms with Crippen molar-refractivity contribution in [2.75, 3.05) is 15.1 Å². The van der Waals surface area contributed by atoms with Gasteiger partial charge in [0.1, 0.15) is 11.5 Å². The zero-order chi connectivity index (χ0) is 45.5. The number of nitrogens with zero attached hydrogens (tertiary/aromatic N) is 2. The van der Waals surface area contributed by atoms with E-state index in [1.807, 2.05) is 0 Å². The van der Waals surface area contributed by atoms with Gasteiger partial charge in [-0.05, 0) is 150 Å². The highest BCUT2D eigenvalue weighted by molar-refractivity contribution is 6.73. The minimum atomic E-state index is -0.269. The summed E-state index contributed by atoms with van der Waals surface area (Å²) in [6.45, 7) is 18.9. The van der Waals surface area contributed by atoms with E-state index < -0.39 is 0 Å². The summed E-state index contributed by atoms with van der Waals surface area (Å²) in [7, 11) is 0.771. The maximum absolute atomic E-state index is 6.87. The molecule has 0 fully saturated rings. The number of benzene rings is 8. The molecule has 2 aliphatic heterocycles. The lowest BCUT2D eigenvalue weighted by atomic mass is 9.57. The van der Waals surface area contributed by atoms with E-state index in [2.05, 4.69) is 240 Å². The molecule has 1 aliphatic carbocycles. The molecule has 3 aliphatic rings. The summed E-state index contributed by atoms with van der Waals surface area (Å²) in [5.74, 6) is 1.82. The molecular weight excluding hydrogens is 802 g/mol. The molecule has 0 saturated heterocycles. The fraction of sp³-hybridized carbons (Fsp3) is 0.213. The number of aryl methyl sites for hydroxylation is 2. The minimum Gasteiger partial charge on any atom is -0.457 e. The SMILES string of the molecule is Cc1cc(-c2cc3c(cc2Nc2ccccc2)C(C)(C)c2ccccc2O3)c2c(c1)N(c1cc3c(cc1C)C(C)(C)CCC3(C)C)c1cc(N(c3ccccc3)c3ccccc3)ccc1B2. The van der Waals surface area contributed by atoms with Gasteiger partial charge in [0.2, 0.25) is 0 Å². The first kappa shape index (κ1) is 41.7. The van der Waals surface area contributed by atoms with Gasteiger partial charge in [-0.15, -0.1) is 0 Å². The fourth-order valence-corrected chi connectivity index (χ4v) is 11.1. The molecule has 0 saturated carbocycles. The highest BCUT2D eigenvalue weighted by Crippen LogP contribution is 2.53. The molecule has 0 unspecified atom stereocenters. The van der Waals surface area contributed by atoms with Crippen LogP contribution >= 0.6 is 0 Å². The highest BCUT2D eigenvalue weighted by atomic mass is 16.5. The number of hydrogen-bond acceptors (Lipinski definition) is 4. The van der Waals surface area contributed by atoms with E-state index in [0.29, 0.717) is 0 Å². The van der Waals surface area contributed by atoms with Crippen LogP contribution in [0.25, 0.3) is 11.1 Å². The summed E-state index contributed by atoms with van der Waals surface area (Å²) < 4.78 is 6.87. The first-order chi connectivity index (χ1) is 31.8. The summed E-state index contributed by atoms with van der Waals surface area (Å²) in [6.07, 6.45) is 2.33. The second-order valence-corrected chi connectivity index (χ2v) is 20.7. The summed E-state index contributed by atoms with van der Waals surface area (Å²) in [6, 6.07) is 62.3. The first-order valence-electron chi connectivity index (χ1n) is 23.7. The second kappa shape index (κ2) is 15.6. The number of anilines is 8. The summed E-state index contributed by atoms with van der Waals surface area (Å²) in [5, 5.41) is 3.91. The van der Waals surface area contributed by atoms with Gasteiger partial charge >= 0.3 is 0 Å². The van der Waals surface area contributed by atoms with Crippen molar-refractivity contribution in [2.24, 2.45) is 0 Å². The van der Waals surface area contributed by atoms with E-state index in [9.17, 15) is 0 Å². The predicted octanol–water partition coefficient (Wildman–Crippen LogP) is 15.1. The van der Waals surface area contributed by atoms with Gasteiger partial charge in [0, 0.05) is 67.6 Å². The Morgan fingerprint density at radius 2 is 1.14 bits per heavy atom. The van der Waals surface area contributed by atoms with Crippen LogP contribution in [0.3, 0.4) is 0 Å². The van der Waals surface area contributed by atoms with E-state index in [1.54, 1.807) is 0 Å². The average Bonchev–Trinajstić information content (AvgIpc) is 3.31. The third-order valence-electron chi connectivity index (χ3n) is 14.9. The number of nitrogens with one attached hydrogen (secondary N) is 1. The molecular formula is C61H58BN3O. The lowest BCUT2D eigenvalue weighted by Gasteiger charge is -2.44. The largest absolute Gasteiger partial charge is 0.457 e. The van der Waals surface area contributed by atoms with Crippen LogP contribution in [0.15, 0.2) is 170 Å². The van der Waals surface area contributed by atoms with Crippen LogP contribution in [0.4, 0.5) is 45.5 Å². The van der Waals surface area contributed by atoms with Gasteiger partial charge in [-0.2, -0.15) is 0 Å². The lowest BCUT2D eigenvalue weighted by Crippen LogP contribution is -2.42. The molecule has 11 rings (SSSR count). The van der Waals surface area contributed by atoms with Gasteiger partial charge in [0.15, 0.2) is 7.28 Å². The van der Waals surface area contributed by atoms with Crippen molar-refractivity contribution in [1.82, 2.24) is 0 Å². The molecule has 4 nitrogen and oxygen atoms in total. The number of ether oxygens (including phenoxy) is 1. The topological polar surface area (TPSA) is 27.7 Å². The number of para-hydroxylation sites is 4. The van der Waals surface area contributed by atoms with Crippen LogP contribution < -0.4 is 30.8 Å². The van der Waals surface area contributed by atoms with Crippen molar-refractivity contribution in [3.05, 3.63) is 203 Å². The van der Waals surface area contributed by atoms with Crippen molar-refractivity contribution in [3.8, 4) is 22.6 Å². The van der Waals surface area contributed by atoms with Crippen LogP contribution in [0.5, 0.6) is 11.5 Å². The van der Waals surface area contributed by atoms with Crippen LogP contribution in [-0.4, -0.2) is 7.28 Å². The Bertz CT molecular complexity index is 3130. The van der Waals surface area contributed by atoms with Crippen molar-refractivity contribution in [2.45, 2.75) is 84.5 Å². The zero-order valence-corrected chi connectivity index (χ0v) is 39.6. The number of rotatable bonds is 7. The summed E-state index contributed by atoms with van der Waals surface area (Å²) >= 11 is 0. The van der Waals surface area contributed by atoms with Gasteiger partial charge in [0.05, 0.1) is 0 Å². The molecule has 8 aromatic carbocycles. The first-order valence-corrected chi connectivity index (χ1v) is 23.7.